The molecule has 1 atom stereocenters. The van der Waals surface area contributed by atoms with Crippen molar-refractivity contribution in [2.75, 3.05) is 13.2 Å². The van der Waals surface area contributed by atoms with E-state index in [0.717, 1.165) is 116 Å². The number of esters is 3. The predicted octanol–water partition coefficient (Wildman–Crippen LogP) is 17.4. The van der Waals surface area contributed by atoms with Crippen LogP contribution in [0.1, 0.15) is 252 Å². The monoisotopic (exact) mass is 879 g/mol. The maximum atomic E-state index is 12.8. The summed E-state index contributed by atoms with van der Waals surface area (Å²) < 4.78 is 16.8. The van der Waals surface area contributed by atoms with E-state index in [1.807, 2.05) is 0 Å². The number of carbonyl (C=O) groups is 3. The van der Waals surface area contributed by atoms with Crippen LogP contribution in [0.2, 0.25) is 0 Å². The molecule has 0 aromatic rings. The van der Waals surface area contributed by atoms with Gasteiger partial charge in [0.2, 0.25) is 0 Å². The third-order valence-electron chi connectivity index (χ3n) is 11.2. The van der Waals surface area contributed by atoms with Crippen LogP contribution in [0.5, 0.6) is 0 Å². The largest absolute Gasteiger partial charge is 0.462 e. The number of ether oxygens (including phenoxy) is 3. The van der Waals surface area contributed by atoms with Crippen molar-refractivity contribution in [1.29, 1.82) is 0 Å². The Kier molecular flexibility index (Phi) is 48.9. The van der Waals surface area contributed by atoms with E-state index < -0.39 is 6.10 Å². The van der Waals surface area contributed by atoms with Gasteiger partial charge < -0.3 is 14.2 Å². The van der Waals surface area contributed by atoms with E-state index in [2.05, 4.69) is 93.7 Å². The summed E-state index contributed by atoms with van der Waals surface area (Å²) in [7, 11) is 0. The molecule has 6 heteroatoms. The summed E-state index contributed by atoms with van der Waals surface area (Å²) in [5.41, 5.74) is 0. The van der Waals surface area contributed by atoms with Gasteiger partial charge in [-0.3, -0.25) is 14.4 Å². The highest BCUT2D eigenvalue weighted by Gasteiger charge is 2.19. The third-order valence-corrected chi connectivity index (χ3v) is 11.2. The lowest BCUT2D eigenvalue weighted by Crippen LogP contribution is -2.30. The van der Waals surface area contributed by atoms with Gasteiger partial charge in [-0.2, -0.15) is 0 Å². The normalized spacial score (nSPS) is 12.6. The second-order valence-corrected chi connectivity index (χ2v) is 17.4. The lowest BCUT2D eigenvalue weighted by molar-refractivity contribution is -0.167. The highest BCUT2D eigenvalue weighted by atomic mass is 16.6. The molecule has 0 heterocycles. The van der Waals surface area contributed by atoms with Crippen LogP contribution in [-0.2, 0) is 28.6 Å². The quantitative estimate of drug-likeness (QED) is 0.0262. The summed E-state index contributed by atoms with van der Waals surface area (Å²) in [5.74, 6) is -0.910. The second-order valence-electron chi connectivity index (χ2n) is 17.4. The van der Waals surface area contributed by atoms with Crippen LogP contribution >= 0.6 is 0 Å². The van der Waals surface area contributed by atoms with Crippen molar-refractivity contribution in [3.63, 3.8) is 0 Å². The molecular weight excluding hydrogens is 781 g/mol. The molecule has 0 aliphatic rings. The van der Waals surface area contributed by atoms with Crippen molar-refractivity contribution < 1.29 is 28.6 Å². The van der Waals surface area contributed by atoms with Crippen molar-refractivity contribution in [2.24, 2.45) is 0 Å². The predicted molar refractivity (Wildman–Crippen MR) is 270 cm³/mol. The van der Waals surface area contributed by atoms with Gasteiger partial charge in [-0.15, -0.1) is 0 Å². The van der Waals surface area contributed by atoms with Crippen LogP contribution in [0.3, 0.4) is 0 Å². The first kappa shape index (κ1) is 59.9. The number of hydrogen-bond acceptors (Lipinski definition) is 6. The number of unbranched alkanes of at least 4 members (excludes halogenated alkanes) is 24. The van der Waals surface area contributed by atoms with Gasteiger partial charge in [-0.1, -0.05) is 216 Å². The maximum Gasteiger partial charge on any atom is 0.306 e. The van der Waals surface area contributed by atoms with Crippen molar-refractivity contribution in [2.45, 2.75) is 258 Å². The summed E-state index contributed by atoms with van der Waals surface area (Å²) in [6, 6.07) is 0. The molecule has 0 radical (unpaired) electrons. The first-order chi connectivity index (χ1) is 31.0. The average Bonchev–Trinajstić information content (AvgIpc) is 3.28. The standard InChI is InChI=1S/C57H98O6/c1-4-7-10-13-16-19-22-24-26-27-28-29-31-32-35-38-41-44-47-50-56(59)62-53-54(52-61-55(58)49-46-43-40-37-34-21-18-15-12-9-6-3)63-57(60)51-48-45-42-39-36-33-30-25-23-20-17-14-11-8-5-2/h7,10,16-17,19-20,24-26,28-30,54H,4-6,8-9,11-15,18,21-23,27,31-53H2,1-3H3/b10-7-,19-16-,20-17-,26-24-,29-28-,30-25-. The minimum absolute atomic E-state index is 0.0844. The molecule has 362 valence electrons. The van der Waals surface area contributed by atoms with E-state index in [4.69, 9.17) is 14.2 Å². The molecule has 6 nitrogen and oxygen atoms in total. The molecule has 0 spiro atoms. The Morgan fingerprint density at radius 3 is 1.00 bits per heavy atom. The minimum atomic E-state index is -0.786. The van der Waals surface area contributed by atoms with Gasteiger partial charge in [-0.05, 0) is 89.9 Å². The van der Waals surface area contributed by atoms with Crippen LogP contribution < -0.4 is 0 Å². The van der Waals surface area contributed by atoms with Gasteiger partial charge in [0, 0.05) is 19.3 Å². The molecule has 0 N–H and O–H groups in total. The fraction of sp³-hybridized carbons (Fsp3) is 0.737. The summed E-state index contributed by atoms with van der Waals surface area (Å²) >= 11 is 0. The maximum absolute atomic E-state index is 12.8. The Labute approximate surface area is 389 Å². The number of carbonyl (C=O) groups excluding carboxylic acids is 3. The second kappa shape index (κ2) is 51.5. The number of rotatable bonds is 47. The summed E-state index contributed by atoms with van der Waals surface area (Å²) in [4.78, 5) is 38.0. The lowest BCUT2D eigenvalue weighted by atomic mass is 10.1. The van der Waals surface area contributed by atoms with Crippen LogP contribution in [0, 0.1) is 0 Å². The Morgan fingerprint density at radius 2 is 0.619 bits per heavy atom. The first-order valence-corrected chi connectivity index (χ1v) is 26.4. The minimum Gasteiger partial charge on any atom is -0.462 e. The fourth-order valence-corrected chi connectivity index (χ4v) is 7.23. The van der Waals surface area contributed by atoms with Gasteiger partial charge in [0.1, 0.15) is 13.2 Å². The van der Waals surface area contributed by atoms with Crippen LogP contribution in [-0.4, -0.2) is 37.2 Å². The van der Waals surface area contributed by atoms with Crippen molar-refractivity contribution >= 4 is 17.9 Å². The number of hydrogen-bond donors (Lipinski definition) is 0. The molecule has 0 rings (SSSR count). The molecule has 0 saturated heterocycles. The molecule has 0 aromatic heterocycles. The highest BCUT2D eigenvalue weighted by Crippen LogP contribution is 2.14. The molecule has 0 saturated carbocycles. The molecule has 0 bridgehead atoms. The molecule has 0 amide bonds. The zero-order valence-electron chi connectivity index (χ0n) is 41.3. The van der Waals surface area contributed by atoms with E-state index >= 15 is 0 Å². The summed E-state index contributed by atoms with van der Waals surface area (Å²) in [6.45, 7) is 6.47. The van der Waals surface area contributed by atoms with Gasteiger partial charge in [0.15, 0.2) is 6.10 Å². The zero-order valence-corrected chi connectivity index (χ0v) is 41.3. The number of allylic oxidation sites excluding steroid dienone is 12. The van der Waals surface area contributed by atoms with Crippen molar-refractivity contribution in [3.8, 4) is 0 Å². The third kappa shape index (κ3) is 49.7. The van der Waals surface area contributed by atoms with Crippen LogP contribution in [0.15, 0.2) is 72.9 Å². The molecule has 0 aliphatic heterocycles. The fourth-order valence-electron chi connectivity index (χ4n) is 7.23. The van der Waals surface area contributed by atoms with Gasteiger partial charge >= 0.3 is 17.9 Å². The topological polar surface area (TPSA) is 78.9 Å². The molecule has 0 aliphatic carbocycles. The van der Waals surface area contributed by atoms with Crippen LogP contribution in [0.25, 0.3) is 0 Å². The average molecular weight is 879 g/mol. The molecule has 63 heavy (non-hydrogen) atoms. The smallest absolute Gasteiger partial charge is 0.306 e. The molecule has 0 fully saturated rings. The highest BCUT2D eigenvalue weighted by molar-refractivity contribution is 5.71. The SMILES string of the molecule is CC/C=C\C/C=C\C/C=C\C/C=C\CCCCCCCCC(=O)OCC(COC(=O)CCCCCCCCCCCCC)OC(=O)CCCCCCC/C=C\C/C=C\CCCCC. The first-order valence-electron chi connectivity index (χ1n) is 26.4. The van der Waals surface area contributed by atoms with E-state index in [0.29, 0.717) is 19.3 Å². The lowest BCUT2D eigenvalue weighted by Gasteiger charge is -2.18. The Hall–Kier alpha value is -3.15. The Bertz CT molecular complexity index is 1190. The van der Waals surface area contributed by atoms with E-state index in [-0.39, 0.29) is 31.1 Å². The van der Waals surface area contributed by atoms with Gasteiger partial charge in [0.05, 0.1) is 0 Å². The molecule has 0 aromatic carbocycles. The van der Waals surface area contributed by atoms with Crippen molar-refractivity contribution in [3.05, 3.63) is 72.9 Å². The van der Waals surface area contributed by atoms with E-state index in [9.17, 15) is 14.4 Å². The summed E-state index contributed by atoms with van der Waals surface area (Å²) in [6.07, 6.45) is 64.5. The Morgan fingerprint density at radius 1 is 0.333 bits per heavy atom. The van der Waals surface area contributed by atoms with Crippen LogP contribution in [0.4, 0.5) is 0 Å². The van der Waals surface area contributed by atoms with E-state index in [1.165, 1.54) is 96.3 Å². The molecule has 1 unspecified atom stereocenters. The van der Waals surface area contributed by atoms with Gasteiger partial charge in [0.25, 0.3) is 0 Å². The zero-order chi connectivity index (χ0) is 45.8. The Balaban J connectivity index is 4.39. The molecular formula is C57H98O6. The summed E-state index contributed by atoms with van der Waals surface area (Å²) in [5, 5.41) is 0. The van der Waals surface area contributed by atoms with E-state index in [1.54, 1.807) is 0 Å². The van der Waals surface area contributed by atoms with Gasteiger partial charge in [-0.25, -0.2) is 0 Å². The van der Waals surface area contributed by atoms with Crippen molar-refractivity contribution in [1.82, 2.24) is 0 Å².